The summed E-state index contributed by atoms with van der Waals surface area (Å²) in [7, 11) is 0. The van der Waals surface area contributed by atoms with E-state index in [2.05, 4.69) is 20.5 Å². The van der Waals surface area contributed by atoms with Crippen LogP contribution < -0.4 is 10.9 Å². The van der Waals surface area contributed by atoms with E-state index >= 15 is 0 Å². The lowest BCUT2D eigenvalue weighted by Gasteiger charge is -2.01. The standard InChI is InChI=1S/C10H10N4O2/c1-6-2-3-7(9(15)12-6)10(16)13-8-4-5-11-14-8/h2-5H,1H3,(H,12,15)(H2,11,13,14,16). The first-order valence-corrected chi connectivity index (χ1v) is 4.67. The number of amides is 1. The number of carbonyl (C=O) groups is 1. The largest absolute Gasteiger partial charge is 0.326 e. The van der Waals surface area contributed by atoms with E-state index < -0.39 is 11.5 Å². The Morgan fingerprint density at radius 2 is 2.19 bits per heavy atom. The molecule has 3 N–H and O–H groups in total. The van der Waals surface area contributed by atoms with Crippen molar-refractivity contribution in [3.05, 3.63) is 46.0 Å². The second kappa shape index (κ2) is 4.01. The highest BCUT2D eigenvalue weighted by atomic mass is 16.2. The molecule has 0 aliphatic heterocycles. The van der Waals surface area contributed by atoms with E-state index in [1.54, 1.807) is 19.1 Å². The summed E-state index contributed by atoms with van der Waals surface area (Å²) < 4.78 is 0. The molecule has 0 aliphatic rings. The van der Waals surface area contributed by atoms with Crippen molar-refractivity contribution in [2.24, 2.45) is 0 Å². The van der Waals surface area contributed by atoms with Crippen molar-refractivity contribution in [3.8, 4) is 0 Å². The topological polar surface area (TPSA) is 90.6 Å². The Balaban J connectivity index is 2.25. The lowest BCUT2D eigenvalue weighted by atomic mass is 10.2. The second-order valence-electron chi connectivity index (χ2n) is 3.31. The molecule has 0 unspecified atom stereocenters. The number of anilines is 1. The van der Waals surface area contributed by atoms with E-state index in [1.165, 1.54) is 12.3 Å². The summed E-state index contributed by atoms with van der Waals surface area (Å²) in [6.07, 6.45) is 1.51. The first kappa shape index (κ1) is 10.2. The van der Waals surface area contributed by atoms with Crippen molar-refractivity contribution in [1.29, 1.82) is 0 Å². The Morgan fingerprint density at radius 3 is 2.81 bits per heavy atom. The highest BCUT2D eigenvalue weighted by Crippen LogP contribution is 2.01. The van der Waals surface area contributed by atoms with Crippen LogP contribution in [0.5, 0.6) is 0 Å². The monoisotopic (exact) mass is 218 g/mol. The number of pyridine rings is 1. The number of rotatable bonds is 2. The maximum absolute atomic E-state index is 11.7. The van der Waals surface area contributed by atoms with Gasteiger partial charge in [-0.1, -0.05) is 0 Å². The minimum atomic E-state index is -0.467. The van der Waals surface area contributed by atoms with E-state index in [-0.39, 0.29) is 5.56 Å². The molecule has 82 valence electrons. The molecule has 2 rings (SSSR count). The van der Waals surface area contributed by atoms with Gasteiger partial charge in [-0.3, -0.25) is 14.7 Å². The van der Waals surface area contributed by atoms with E-state index in [4.69, 9.17) is 0 Å². The van der Waals surface area contributed by atoms with Crippen molar-refractivity contribution in [2.75, 3.05) is 5.32 Å². The predicted octanol–water partition coefficient (Wildman–Crippen LogP) is 0.659. The van der Waals surface area contributed by atoms with E-state index in [9.17, 15) is 9.59 Å². The molecule has 0 aliphatic carbocycles. The lowest BCUT2D eigenvalue weighted by Crippen LogP contribution is -2.23. The Morgan fingerprint density at radius 1 is 1.38 bits per heavy atom. The van der Waals surface area contributed by atoms with Crippen molar-refractivity contribution < 1.29 is 4.79 Å². The molecular formula is C10H10N4O2. The second-order valence-corrected chi connectivity index (χ2v) is 3.31. The molecule has 0 bridgehead atoms. The molecular weight excluding hydrogens is 208 g/mol. The van der Waals surface area contributed by atoms with Gasteiger partial charge in [-0.15, -0.1) is 0 Å². The molecule has 0 atom stereocenters. The third-order valence-corrected chi connectivity index (χ3v) is 2.05. The molecule has 6 heteroatoms. The quantitative estimate of drug-likeness (QED) is 0.691. The van der Waals surface area contributed by atoms with Crippen molar-refractivity contribution in [3.63, 3.8) is 0 Å². The lowest BCUT2D eigenvalue weighted by molar-refractivity contribution is 0.102. The van der Waals surface area contributed by atoms with Crippen molar-refractivity contribution >= 4 is 11.7 Å². The number of nitrogens with zero attached hydrogens (tertiary/aromatic N) is 1. The van der Waals surface area contributed by atoms with Gasteiger partial charge < -0.3 is 10.3 Å². The Hall–Kier alpha value is -2.37. The molecule has 16 heavy (non-hydrogen) atoms. The molecule has 0 radical (unpaired) electrons. The Bertz CT molecular complexity index is 556. The van der Waals surface area contributed by atoms with Crippen LogP contribution in [0.25, 0.3) is 0 Å². The molecule has 2 heterocycles. The first-order chi connectivity index (χ1) is 7.66. The third kappa shape index (κ3) is 2.00. The molecule has 0 aromatic carbocycles. The highest BCUT2D eigenvalue weighted by molar-refractivity contribution is 6.03. The summed E-state index contributed by atoms with van der Waals surface area (Å²) in [6.45, 7) is 1.75. The molecule has 1 amide bonds. The minimum Gasteiger partial charge on any atom is -0.326 e. The van der Waals surface area contributed by atoms with Gasteiger partial charge in [0.2, 0.25) is 0 Å². The van der Waals surface area contributed by atoms with Crippen molar-refractivity contribution in [1.82, 2.24) is 15.2 Å². The minimum absolute atomic E-state index is 0.0696. The zero-order chi connectivity index (χ0) is 11.5. The van der Waals surface area contributed by atoms with Crippen molar-refractivity contribution in [2.45, 2.75) is 6.92 Å². The zero-order valence-corrected chi connectivity index (χ0v) is 8.57. The summed E-state index contributed by atoms with van der Waals surface area (Å²) in [5.41, 5.74) is 0.375. The van der Waals surface area contributed by atoms with Gasteiger partial charge in [0, 0.05) is 11.8 Å². The molecule has 0 fully saturated rings. The highest BCUT2D eigenvalue weighted by Gasteiger charge is 2.10. The normalized spacial score (nSPS) is 10.1. The van der Waals surface area contributed by atoms with Crippen LogP contribution in [0, 0.1) is 6.92 Å². The van der Waals surface area contributed by atoms with Gasteiger partial charge in [0.1, 0.15) is 11.4 Å². The zero-order valence-electron chi connectivity index (χ0n) is 8.57. The van der Waals surface area contributed by atoms with E-state index in [0.29, 0.717) is 11.5 Å². The average molecular weight is 218 g/mol. The molecule has 6 nitrogen and oxygen atoms in total. The van der Waals surface area contributed by atoms with Crippen LogP contribution in [0.4, 0.5) is 5.82 Å². The SMILES string of the molecule is Cc1ccc(C(=O)Nc2ccn[nH]2)c(=O)[nH]1. The number of aromatic amines is 2. The number of nitrogens with one attached hydrogen (secondary N) is 3. The van der Waals surface area contributed by atoms with Crippen LogP contribution in [0.15, 0.2) is 29.2 Å². The summed E-state index contributed by atoms with van der Waals surface area (Å²) >= 11 is 0. The fourth-order valence-corrected chi connectivity index (χ4v) is 1.27. The van der Waals surface area contributed by atoms with E-state index in [1.807, 2.05) is 0 Å². The van der Waals surface area contributed by atoms with Gasteiger partial charge in [-0.05, 0) is 19.1 Å². The maximum atomic E-state index is 11.7. The van der Waals surface area contributed by atoms with Crippen LogP contribution in [0.2, 0.25) is 0 Å². The summed E-state index contributed by atoms with van der Waals surface area (Å²) in [4.78, 5) is 25.7. The summed E-state index contributed by atoms with van der Waals surface area (Å²) in [5.74, 6) is -0.0181. The van der Waals surface area contributed by atoms with Gasteiger partial charge in [0.15, 0.2) is 0 Å². The Labute approximate surface area is 90.7 Å². The molecule has 0 spiro atoms. The fraction of sp³-hybridized carbons (Fsp3) is 0.100. The summed E-state index contributed by atoms with van der Waals surface area (Å²) in [6, 6.07) is 4.75. The van der Waals surface area contributed by atoms with Gasteiger partial charge in [-0.2, -0.15) is 5.10 Å². The number of H-pyrrole nitrogens is 2. The first-order valence-electron chi connectivity index (χ1n) is 4.67. The molecule has 0 saturated heterocycles. The Kier molecular flexibility index (Phi) is 2.55. The van der Waals surface area contributed by atoms with Crippen LogP contribution in [0.3, 0.4) is 0 Å². The van der Waals surface area contributed by atoms with Crippen LogP contribution in [0.1, 0.15) is 16.1 Å². The number of carbonyl (C=O) groups excluding carboxylic acids is 1. The smallest absolute Gasteiger partial charge is 0.262 e. The van der Waals surface area contributed by atoms with Gasteiger partial charge in [-0.25, -0.2) is 0 Å². The van der Waals surface area contributed by atoms with Crippen LogP contribution in [-0.2, 0) is 0 Å². The molecule has 2 aromatic rings. The maximum Gasteiger partial charge on any atom is 0.262 e. The number of aromatic nitrogens is 3. The predicted molar refractivity (Wildman–Crippen MR) is 58.3 cm³/mol. The summed E-state index contributed by atoms with van der Waals surface area (Å²) in [5, 5.41) is 8.78. The molecule has 2 aromatic heterocycles. The van der Waals surface area contributed by atoms with Gasteiger partial charge in [0.05, 0.1) is 6.20 Å². The van der Waals surface area contributed by atoms with Gasteiger partial charge >= 0.3 is 0 Å². The molecule has 0 saturated carbocycles. The average Bonchev–Trinajstić information content (AvgIpc) is 2.70. The van der Waals surface area contributed by atoms with Crippen LogP contribution in [-0.4, -0.2) is 21.1 Å². The number of aryl methyl sites for hydroxylation is 1. The van der Waals surface area contributed by atoms with Crippen LogP contribution >= 0.6 is 0 Å². The number of hydrogen-bond acceptors (Lipinski definition) is 3. The van der Waals surface area contributed by atoms with Gasteiger partial charge in [0.25, 0.3) is 11.5 Å². The fourth-order valence-electron chi connectivity index (χ4n) is 1.27. The number of hydrogen-bond donors (Lipinski definition) is 3. The van der Waals surface area contributed by atoms with E-state index in [0.717, 1.165) is 0 Å². The third-order valence-electron chi connectivity index (χ3n) is 2.05.